The summed E-state index contributed by atoms with van der Waals surface area (Å²) in [5, 5.41) is 2.82. The van der Waals surface area contributed by atoms with E-state index in [0.717, 1.165) is 30.7 Å². The Labute approximate surface area is 108 Å². The molecule has 0 aromatic carbocycles. The Morgan fingerprint density at radius 3 is 2.83 bits per heavy atom. The number of nitrogens with one attached hydrogen (secondary N) is 1. The van der Waals surface area contributed by atoms with E-state index in [2.05, 4.69) is 36.8 Å². The minimum atomic E-state index is 0.0351. The van der Waals surface area contributed by atoms with Gasteiger partial charge in [0.15, 0.2) is 0 Å². The van der Waals surface area contributed by atoms with Crippen LogP contribution in [0, 0.1) is 5.92 Å². The van der Waals surface area contributed by atoms with Crippen molar-refractivity contribution in [2.75, 3.05) is 0 Å². The van der Waals surface area contributed by atoms with Crippen LogP contribution >= 0.6 is 0 Å². The first-order valence-corrected chi connectivity index (χ1v) is 6.49. The van der Waals surface area contributed by atoms with Crippen molar-refractivity contribution < 1.29 is 4.79 Å². The van der Waals surface area contributed by atoms with Gasteiger partial charge in [-0.1, -0.05) is 26.5 Å². The van der Waals surface area contributed by atoms with Crippen LogP contribution in [0.4, 0.5) is 0 Å². The predicted octanol–water partition coefficient (Wildman–Crippen LogP) is 2.79. The highest BCUT2D eigenvalue weighted by Gasteiger charge is 2.24. The monoisotopic (exact) mass is 244 g/mol. The maximum atomic E-state index is 11.8. The van der Waals surface area contributed by atoms with Gasteiger partial charge >= 0.3 is 0 Å². The van der Waals surface area contributed by atoms with E-state index in [1.807, 2.05) is 12.3 Å². The maximum Gasteiger partial charge on any atom is 0.227 e. The molecule has 0 spiro atoms. The SMILES string of the molecule is C=C1CCC(Cc2ccc(C(C)C)cn2)C(=O)N1. The molecule has 0 bridgehead atoms. The van der Waals surface area contributed by atoms with E-state index in [1.54, 1.807) is 0 Å². The van der Waals surface area contributed by atoms with E-state index in [1.165, 1.54) is 5.56 Å². The summed E-state index contributed by atoms with van der Waals surface area (Å²) in [4.78, 5) is 16.2. The molecule has 96 valence electrons. The molecule has 18 heavy (non-hydrogen) atoms. The molecule has 1 saturated heterocycles. The molecular formula is C15H20N2O. The summed E-state index contributed by atoms with van der Waals surface area (Å²) < 4.78 is 0. The fourth-order valence-electron chi connectivity index (χ4n) is 2.16. The first-order chi connectivity index (χ1) is 8.56. The van der Waals surface area contributed by atoms with E-state index in [0.29, 0.717) is 5.92 Å². The number of piperidine rings is 1. The maximum absolute atomic E-state index is 11.8. The highest BCUT2D eigenvalue weighted by Crippen LogP contribution is 2.21. The second-order valence-electron chi connectivity index (χ2n) is 5.27. The van der Waals surface area contributed by atoms with Crippen LogP contribution in [0.25, 0.3) is 0 Å². The van der Waals surface area contributed by atoms with Crippen molar-refractivity contribution in [3.63, 3.8) is 0 Å². The van der Waals surface area contributed by atoms with Crippen LogP contribution in [-0.4, -0.2) is 10.9 Å². The quantitative estimate of drug-likeness (QED) is 0.888. The molecule has 0 aliphatic carbocycles. The molecule has 1 atom stereocenters. The largest absolute Gasteiger partial charge is 0.330 e. The average Bonchev–Trinajstić information content (AvgIpc) is 2.33. The fourth-order valence-corrected chi connectivity index (χ4v) is 2.16. The first kappa shape index (κ1) is 12.8. The molecule has 1 fully saturated rings. The van der Waals surface area contributed by atoms with Gasteiger partial charge in [-0.3, -0.25) is 9.78 Å². The second-order valence-corrected chi connectivity index (χ2v) is 5.27. The first-order valence-electron chi connectivity index (χ1n) is 6.49. The number of rotatable bonds is 3. The van der Waals surface area contributed by atoms with Gasteiger partial charge < -0.3 is 5.32 Å². The third-order valence-corrected chi connectivity index (χ3v) is 3.44. The molecule has 1 aromatic heterocycles. The predicted molar refractivity (Wildman–Crippen MR) is 72.0 cm³/mol. The lowest BCUT2D eigenvalue weighted by Crippen LogP contribution is -2.35. The molecule has 1 aromatic rings. The summed E-state index contributed by atoms with van der Waals surface area (Å²) in [6.07, 6.45) is 4.38. The number of aromatic nitrogens is 1. The smallest absolute Gasteiger partial charge is 0.227 e. The van der Waals surface area contributed by atoms with Crippen molar-refractivity contribution in [2.24, 2.45) is 5.92 Å². The zero-order valence-electron chi connectivity index (χ0n) is 11.1. The summed E-state index contributed by atoms with van der Waals surface area (Å²) in [5.74, 6) is 0.613. The van der Waals surface area contributed by atoms with Gasteiger partial charge in [0.05, 0.1) is 0 Å². The minimum Gasteiger partial charge on any atom is -0.330 e. The molecule has 3 heteroatoms. The molecule has 0 radical (unpaired) electrons. The zero-order valence-corrected chi connectivity index (χ0v) is 11.1. The Morgan fingerprint density at radius 1 is 1.50 bits per heavy atom. The lowest BCUT2D eigenvalue weighted by Gasteiger charge is -2.23. The summed E-state index contributed by atoms with van der Waals surface area (Å²) in [7, 11) is 0. The van der Waals surface area contributed by atoms with Crippen LogP contribution in [0.1, 0.15) is 43.9 Å². The van der Waals surface area contributed by atoms with Crippen molar-refractivity contribution in [1.82, 2.24) is 10.3 Å². The van der Waals surface area contributed by atoms with E-state index < -0.39 is 0 Å². The second kappa shape index (κ2) is 5.34. The van der Waals surface area contributed by atoms with Gasteiger partial charge in [-0.15, -0.1) is 0 Å². The Hall–Kier alpha value is -1.64. The Kier molecular flexibility index (Phi) is 3.80. The number of amides is 1. The van der Waals surface area contributed by atoms with Crippen molar-refractivity contribution in [3.05, 3.63) is 41.9 Å². The molecule has 1 aliphatic heterocycles. The van der Waals surface area contributed by atoms with Gasteiger partial charge in [-0.25, -0.2) is 0 Å². The molecule has 1 N–H and O–H groups in total. The molecular weight excluding hydrogens is 224 g/mol. The zero-order chi connectivity index (χ0) is 13.1. The van der Waals surface area contributed by atoms with E-state index in [9.17, 15) is 4.79 Å². The Bertz CT molecular complexity index is 448. The molecule has 1 aliphatic rings. The summed E-state index contributed by atoms with van der Waals surface area (Å²) in [5.41, 5.74) is 3.06. The number of carbonyl (C=O) groups is 1. The van der Waals surface area contributed by atoms with Crippen LogP contribution in [-0.2, 0) is 11.2 Å². The number of nitrogens with zero attached hydrogens (tertiary/aromatic N) is 1. The number of allylic oxidation sites excluding steroid dienone is 1. The van der Waals surface area contributed by atoms with Gasteiger partial charge in [-0.2, -0.15) is 0 Å². The van der Waals surface area contributed by atoms with Crippen molar-refractivity contribution in [2.45, 2.75) is 39.0 Å². The number of hydrogen-bond donors (Lipinski definition) is 1. The van der Waals surface area contributed by atoms with Gasteiger partial charge in [0.2, 0.25) is 5.91 Å². The third-order valence-electron chi connectivity index (χ3n) is 3.44. The average molecular weight is 244 g/mol. The van der Waals surface area contributed by atoms with Crippen LogP contribution in [0.5, 0.6) is 0 Å². The third kappa shape index (κ3) is 2.97. The summed E-state index contributed by atoms with van der Waals surface area (Å²) >= 11 is 0. The van der Waals surface area contributed by atoms with Crippen LogP contribution < -0.4 is 5.32 Å². The molecule has 2 heterocycles. The Balaban J connectivity index is 2.01. The van der Waals surface area contributed by atoms with Crippen LogP contribution in [0.2, 0.25) is 0 Å². The van der Waals surface area contributed by atoms with Crippen LogP contribution in [0.15, 0.2) is 30.6 Å². The molecule has 0 saturated carbocycles. The minimum absolute atomic E-state index is 0.0351. The highest BCUT2D eigenvalue weighted by molar-refractivity contribution is 5.81. The van der Waals surface area contributed by atoms with Crippen molar-refractivity contribution in [3.8, 4) is 0 Å². The topological polar surface area (TPSA) is 42.0 Å². The summed E-state index contributed by atoms with van der Waals surface area (Å²) in [6.45, 7) is 8.09. The molecule has 3 nitrogen and oxygen atoms in total. The number of carbonyl (C=O) groups excluding carboxylic acids is 1. The number of pyridine rings is 1. The molecule has 1 amide bonds. The van der Waals surface area contributed by atoms with Gasteiger partial charge in [-0.05, 0) is 30.4 Å². The van der Waals surface area contributed by atoms with Crippen LogP contribution in [0.3, 0.4) is 0 Å². The lowest BCUT2D eigenvalue weighted by molar-refractivity contribution is -0.125. The number of hydrogen-bond acceptors (Lipinski definition) is 2. The summed E-state index contributed by atoms with van der Waals surface area (Å²) in [6, 6.07) is 4.14. The van der Waals surface area contributed by atoms with Crippen molar-refractivity contribution in [1.29, 1.82) is 0 Å². The van der Waals surface area contributed by atoms with E-state index >= 15 is 0 Å². The highest BCUT2D eigenvalue weighted by atomic mass is 16.1. The lowest BCUT2D eigenvalue weighted by atomic mass is 9.92. The normalized spacial score (nSPS) is 20.1. The van der Waals surface area contributed by atoms with Gasteiger partial charge in [0, 0.05) is 29.9 Å². The molecule has 1 unspecified atom stereocenters. The van der Waals surface area contributed by atoms with Crippen molar-refractivity contribution >= 4 is 5.91 Å². The Morgan fingerprint density at radius 2 is 2.28 bits per heavy atom. The van der Waals surface area contributed by atoms with Gasteiger partial charge in [0.25, 0.3) is 0 Å². The van der Waals surface area contributed by atoms with E-state index in [4.69, 9.17) is 0 Å². The standard InChI is InChI=1S/C15H20N2O/c1-10(2)13-6-7-14(16-9-13)8-12-5-4-11(3)17-15(12)18/h6-7,9-10,12H,3-5,8H2,1-2H3,(H,17,18). The molecule has 2 rings (SSSR count). The van der Waals surface area contributed by atoms with Gasteiger partial charge in [0.1, 0.15) is 0 Å². The fraction of sp³-hybridized carbons (Fsp3) is 0.467. The van der Waals surface area contributed by atoms with E-state index in [-0.39, 0.29) is 11.8 Å².